The van der Waals surface area contributed by atoms with Crippen LogP contribution in [-0.4, -0.2) is 36.1 Å². The van der Waals surface area contributed by atoms with Gasteiger partial charge in [0.25, 0.3) is 0 Å². The summed E-state index contributed by atoms with van der Waals surface area (Å²) in [5, 5.41) is 3.47. The van der Waals surface area contributed by atoms with Gasteiger partial charge in [-0.05, 0) is 58.0 Å². The summed E-state index contributed by atoms with van der Waals surface area (Å²) in [5.74, 6) is 0. The van der Waals surface area contributed by atoms with E-state index in [9.17, 15) is 0 Å². The first kappa shape index (κ1) is 12.5. The van der Waals surface area contributed by atoms with E-state index >= 15 is 0 Å². The van der Waals surface area contributed by atoms with E-state index in [2.05, 4.69) is 35.2 Å². The van der Waals surface area contributed by atoms with Crippen LogP contribution in [-0.2, 0) is 6.54 Å². The molecule has 1 fully saturated rings. The normalized spacial score (nSPS) is 21.5. The highest BCUT2D eigenvalue weighted by atomic mass is 15.1. The fourth-order valence-corrected chi connectivity index (χ4v) is 2.52. The molecule has 1 unspecified atom stereocenters. The van der Waals surface area contributed by atoms with Crippen LogP contribution in [0.25, 0.3) is 0 Å². The Labute approximate surface area is 104 Å². The number of pyridine rings is 1. The Morgan fingerprint density at radius 3 is 3.12 bits per heavy atom. The molecule has 3 nitrogen and oxygen atoms in total. The van der Waals surface area contributed by atoms with Crippen molar-refractivity contribution in [1.82, 2.24) is 15.2 Å². The lowest BCUT2D eigenvalue weighted by atomic mass is 10.1. The number of hydrogen-bond donors (Lipinski definition) is 1. The summed E-state index contributed by atoms with van der Waals surface area (Å²) in [7, 11) is 2.24. The fourth-order valence-electron chi connectivity index (χ4n) is 2.52. The molecule has 2 heterocycles. The SMILES string of the molecule is Cc1ncccc1CN(C)C1CCCNCC1. The third-order valence-corrected chi connectivity index (χ3v) is 3.70. The molecular weight excluding hydrogens is 210 g/mol. The number of nitrogens with one attached hydrogen (secondary N) is 1. The Bertz CT molecular complexity index is 343. The van der Waals surface area contributed by atoms with Gasteiger partial charge in [0, 0.05) is 24.5 Å². The fraction of sp³-hybridized carbons (Fsp3) is 0.643. The second-order valence-electron chi connectivity index (χ2n) is 5.00. The first-order valence-electron chi connectivity index (χ1n) is 6.59. The number of rotatable bonds is 3. The molecule has 0 amide bonds. The summed E-state index contributed by atoms with van der Waals surface area (Å²) >= 11 is 0. The van der Waals surface area contributed by atoms with E-state index in [1.54, 1.807) is 0 Å². The van der Waals surface area contributed by atoms with Gasteiger partial charge in [-0.1, -0.05) is 6.07 Å². The van der Waals surface area contributed by atoms with Crippen LogP contribution in [0, 0.1) is 6.92 Å². The molecule has 0 radical (unpaired) electrons. The largest absolute Gasteiger partial charge is 0.317 e. The summed E-state index contributed by atoms with van der Waals surface area (Å²) < 4.78 is 0. The lowest BCUT2D eigenvalue weighted by molar-refractivity contribution is 0.216. The highest BCUT2D eigenvalue weighted by Gasteiger charge is 2.17. The Hall–Kier alpha value is -0.930. The summed E-state index contributed by atoms with van der Waals surface area (Å²) in [4.78, 5) is 6.84. The van der Waals surface area contributed by atoms with Crippen molar-refractivity contribution < 1.29 is 0 Å². The van der Waals surface area contributed by atoms with Crippen LogP contribution >= 0.6 is 0 Å². The maximum atomic E-state index is 4.36. The van der Waals surface area contributed by atoms with E-state index in [1.807, 2.05) is 12.3 Å². The number of aromatic nitrogens is 1. The predicted molar refractivity (Wildman–Crippen MR) is 70.9 cm³/mol. The van der Waals surface area contributed by atoms with Crippen LogP contribution < -0.4 is 5.32 Å². The maximum Gasteiger partial charge on any atom is 0.0417 e. The standard InChI is InChI=1S/C14H23N3/c1-12-13(5-3-9-16-12)11-17(2)14-6-4-8-15-10-7-14/h3,5,9,14-15H,4,6-8,10-11H2,1-2H3. The molecule has 0 bridgehead atoms. The van der Waals surface area contributed by atoms with Gasteiger partial charge < -0.3 is 5.32 Å². The minimum absolute atomic E-state index is 0.713. The van der Waals surface area contributed by atoms with E-state index in [4.69, 9.17) is 0 Å². The van der Waals surface area contributed by atoms with Gasteiger partial charge in [0.05, 0.1) is 0 Å². The Morgan fingerprint density at radius 1 is 1.41 bits per heavy atom. The Morgan fingerprint density at radius 2 is 2.29 bits per heavy atom. The smallest absolute Gasteiger partial charge is 0.0417 e. The average molecular weight is 233 g/mol. The molecule has 0 saturated carbocycles. The second kappa shape index (κ2) is 6.12. The molecule has 94 valence electrons. The van der Waals surface area contributed by atoms with Crippen molar-refractivity contribution in [2.45, 2.75) is 38.8 Å². The maximum absolute atomic E-state index is 4.36. The third-order valence-electron chi connectivity index (χ3n) is 3.70. The molecule has 0 spiro atoms. The summed E-state index contributed by atoms with van der Waals surface area (Å²) in [6.07, 6.45) is 5.73. The summed E-state index contributed by atoms with van der Waals surface area (Å²) in [5.41, 5.74) is 2.51. The molecule has 0 aromatic carbocycles. The second-order valence-corrected chi connectivity index (χ2v) is 5.00. The predicted octanol–water partition coefficient (Wildman–Crippen LogP) is 1.96. The zero-order valence-corrected chi connectivity index (χ0v) is 10.9. The lowest BCUT2D eigenvalue weighted by Gasteiger charge is -2.27. The van der Waals surface area contributed by atoms with Crippen LogP contribution in [0.3, 0.4) is 0 Å². The minimum Gasteiger partial charge on any atom is -0.317 e. The van der Waals surface area contributed by atoms with Crippen LogP contribution in [0.5, 0.6) is 0 Å². The van der Waals surface area contributed by atoms with E-state index in [0.29, 0.717) is 6.04 Å². The third kappa shape index (κ3) is 3.51. The van der Waals surface area contributed by atoms with Crippen molar-refractivity contribution in [3.8, 4) is 0 Å². The molecule has 1 atom stereocenters. The first-order chi connectivity index (χ1) is 8.27. The molecule has 1 N–H and O–H groups in total. The highest BCUT2D eigenvalue weighted by molar-refractivity contribution is 5.18. The molecule has 1 aliphatic rings. The zero-order valence-electron chi connectivity index (χ0n) is 10.9. The molecule has 3 heteroatoms. The number of nitrogens with zero attached hydrogens (tertiary/aromatic N) is 2. The van der Waals surface area contributed by atoms with E-state index in [1.165, 1.54) is 31.4 Å². The van der Waals surface area contributed by atoms with Crippen molar-refractivity contribution in [1.29, 1.82) is 0 Å². The van der Waals surface area contributed by atoms with Gasteiger partial charge in [-0.25, -0.2) is 0 Å². The van der Waals surface area contributed by atoms with E-state index in [-0.39, 0.29) is 0 Å². The van der Waals surface area contributed by atoms with Crippen molar-refractivity contribution in [2.75, 3.05) is 20.1 Å². The van der Waals surface area contributed by atoms with Crippen LogP contribution in [0.2, 0.25) is 0 Å². The topological polar surface area (TPSA) is 28.2 Å². The van der Waals surface area contributed by atoms with E-state index in [0.717, 1.165) is 18.8 Å². The molecule has 0 aliphatic carbocycles. The van der Waals surface area contributed by atoms with Gasteiger partial charge in [-0.2, -0.15) is 0 Å². The van der Waals surface area contributed by atoms with Gasteiger partial charge in [0.2, 0.25) is 0 Å². The average Bonchev–Trinajstić information content (AvgIpc) is 2.61. The molecule has 1 aromatic heterocycles. The van der Waals surface area contributed by atoms with Crippen molar-refractivity contribution in [3.63, 3.8) is 0 Å². The van der Waals surface area contributed by atoms with E-state index < -0.39 is 0 Å². The van der Waals surface area contributed by atoms with Gasteiger partial charge in [0.1, 0.15) is 0 Å². The minimum atomic E-state index is 0.713. The van der Waals surface area contributed by atoms with Gasteiger partial charge in [0.15, 0.2) is 0 Å². The van der Waals surface area contributed by atoms with Crippen molar-refractivity contribution >= 4 is 0 Å². The van der Waals surface area contributed by atoms with Crippen LogP contribution in [0.15, 0.2) is 18.3 Å². The zero-order chi connectivity index (χ0) is 12.1. The molecule has 1 aliphatic heterocycles. The summed E-state index contributed by atoms with van der Waals surface area (Å²) in [6.45, 7) is 5.44. The molecular formula is C14H23N3. The molecule has 1 aromatic rings. The van der Waals surface area contributed by atoms with Gasteiger partial charge in [-0.15, -0.1) is 0 Å². The Balaban J connectivity index is 1.95. The van der Waals surface area contributed by atoms with Crippen molar-refractivity contribution in [3.05, 3.63) is 29.6 Å². The Kier molecular flexibility index (Phi) is 4.51. The molecule has 1 saturated heterocycles. The van der Waals surface area contributed by atoms with Crippen LogP contribution in [0.4, 0.5) is 0 Å². The summed E-state index contributed by atoms with van der Waals surface area (Å²) in [6, 6.07) is 4.93. The van der Waals surface area contributed by atoms with Gasteiger partial charge >= 0.3 is 0 Å². The lowest BCUT2D eigenvalue weighted by Crippen LogP contribution is -2.32. The first-order valence-corrected chi connectivity index (χ1v) is 6.59. The number of hydrogen-bond acceptors (Lipinski definition) is 3. The van der Waals surface area contributed by atoms with Gasteiger partial charge in [-0.3, -0.25) is 9.88 Å². The van der Waals surface area contributed by atoms with Crippen LogP contribution in [0.1, 0.15) is 30.5 Å². The molecule has 2 rings (SSSR count). The molecule has 17 heavy (non-hydrogen) atoms. The monoisotopic (exact) mass is 233 g/mol. The highest BCUT2D eigenvalue weighted by Crippen LogP contribution is 2.15. The quantitative estimate of drug-likeness (QED) is 0.865. The van der Waals surface area contributed by atoms with Crippen molar-refractivity contribution in [2.24, 2.45) is 0 Å². The number of aryl methyl sites for hydroxylation is 1.